The van der Waals surface area contributed by atoms with Gasteiger partial charge in [0.2, 0.25) is 0 Å². The van der Waals surface area contributed by atoms with Crippen molar-refractivity contribution in [2.45, 2.75) is 31.1 Å². The van der Waals surface area contributed by atoms with Crippen LogP contribution in [-0.2, 0) is 20.8 Å². The average Bonchev–Trinajstić information content (AvgIpc) is 2.60. The van der Waals surface area contributed by atoms with Gasteiger partial charge in [-0.05, 0) is 56.0 Å². The zero-order chi connectivity index (χ0) is 17.2. The Labute approximate surface area is 142 Å². The van der Waals surface area contributed by atoms with Crippen LogP contribution in [0.2, 0.25) is 0 Å². The summed E-state index contributed by atoms with van der Waals surface area (Å²) in [6.07, 6.45) is 2.51. The van der Waals surface area contributed by atoms with Gasteiger partial charge in [-0.25, -0.2) is 0 Å². The number of fused-ring (bicyclic) bond motifs is 1. The minimum absolute atomic E-state index is 0.0964. The molecule has 0 radical (unpaired) electrons. The predicted octanol–water partition coefficient (Wildman–Crippen LogP) is 3.45. The summed E-state index contributed by atoms with van der Waals surface area (Å²) in [7, 11) is -2.32. The van der Waals surface area contributed by atoms with E-state index in [1.54, 1.807) is 19.2 Å². The molecule has 0 heterocycles. The van der Waals surface area contributed by atoms with E-state index in [0.29, 0.717) is 17.9 Å². The number of aryl methyl sites for hydroxylation is 2. The molecule has 0 saturated heterocycles. The molecule has 6 heteroatoms. The Kier molecular flexibility index (Phi) is 4.57. The lowest BCUT2D eigenvalue weighted by Gasteiger charge is -2.18. The van der Waals surface area contributed by atoms with E-state index in [4.69, 9.17) is 9.02 Å². The second kappa shape index (κ2) is 6.65. The van der Waals surface area contributed by atoms with Crippen LogP contribution >= 0.6 is 0 Å². The van der Waals surface area contributed by atoms with Crippen molar-refractivity contribution in [1.82, 2.24) is 0 Å². The van der Waals surface area contributed by atoms with Crippen molar-refractivity contribution in [3.8, 4) is 5.75 Å². The van der Waals surface area contributed by atoms with Crippen molar-refractivity contribution in [2.75, 3.05) is 7.11 Å². The van der Waals surface area contributed by atoms with Crippen LogP contribution < -0.4 is 4.74 Å². The molecule has 0 aromatic heterocycles. The molecule has 0 saturated carbocycles. The number of benzene rings is 2. The lowest BCUT2D eigenvalue weighted by molar-refractivity contribution is 0.337. The first-order valence-electron chi connectivity index (χ1n) is 7.74. The molecule has 0 bridgehead atoms. The van der Waals surface area contributed by atoms with Crippen LogP contribution in [0.15, 0.2) is 52.5 Å². The number of hydrogen-bond donors (Lipinski definition) is 0. The van der Waals surface area contributed by atoms with E-state index in [9.17, 15) is 8.42 Å². The minimum atomic E-state index is -3.91. The highest BCUT2D eigenvalue weighted by atomic mass is 32.2. The number of methoxy groups -OCH3 is 1. The van der Waals surface area contributed by atoms with Crippen LogP contribution in [0.4, 0.5) is 0 Å². The lowest BCUT2D eigenvalue weighted by Crippen LogP contribution is -2.14. The first-order valence-corrected chi connectivity index (χ1v) is 9.15. The summed E-state index contributed by atoms with van der Waals surface area (Å²) in [4.78, 5) is 0.0964. The van der Waals surface area contributed by atoms with Crippen molar-refractivity contribution in [3.05, 3.63) is 59.2 Å². The van der Waals surface area contributed by atoms with Crippen LogP contribution in [-0.4, -0.2) is 21.2 Å². The third-order valence-electron chi connectivity index (χ3n) is 4.04. The molecule has 0 atom stereocenters. The second-order valence-corrected chi connectivity index (χ2v) is 7.29. The van der Waals surface area contributed by atoms with Gasteiger partial charge in [-0.2, -0.15) is 8.42 Å². The van der Waals surface area contributed by atoms with Crippen molar-refractivity contribution < 1.29 is 17.4 Å². The maximum Gasteiger partial charge on any atom is 0.358 e. The van der Waals surface area contributed by atoms with E-state index in [1.807, 2.05) is 25.1 Å². The molecule has 0 fully saturated rings. The molecule has 0 N–H and O–H groups in total. The molecular weight excluding hydrogens is 326 g/mol. The first kappa shape index (κ1) is 16.5. The molecule has 1 aliphatic carbocycles. The molecule has 0 spiro atoms. The number of rotatable bonds is 4. The zero-order valence-corrected chi connectivity index (χ0v) is 14.5. The monoisotopic (exact) mass is 345 g/mol. The molecule has 0 unspecified atom stereocenters. The molecular formula is C18H19NO4S. The SMILES string of the molecule is COc1ccc2c(c1)/C(=N/OS(=O)(=O)c1ccc(C)cc1)CCC2. The van der Waals surface area contributed by atoms with E-state index in [0.717, 1.165) is 29.5 Å². The van der Waals surface area contributed by atoms with E-state index < -0.39 is 10.1 Å². The molecule has 5 nitrogen and oxygen atoms in total. The zero-order valence-electron chi connectivity index (χ0n) is 13.7. The van der Waals surface area contributed by atoms with Crippen LogP contribution in [0.3, 0.4) is 0 Å². The van der Waals surface area contributed by atoms with Gasteiger partial charge in [0.15, 0.2) is 0 Å². The maximum absolute atomic E-state index is 12.3. The molecule has 0 aliphatic heterocycles. The summed E-state index contributed by atoms with van der Waals surface area (Å²) in [6, 6.07) is 12.2. The Hall–Kier alpha value is -2.34. The highest BCUT2D eigenvalue weighted by Crippen LogP contribution is 2.26. The third-order valence-corrected chi connectivity index (χ3v) is 5.16. The van der Waals surface area contributed by atoms with Crippen molar-refractivity contribution in [2.24, 2.45) is 5.16 Å². The average molecular weight is 345 g/mol. The smallest absolute Gasteiger partial charge is 0.358 e. The van der Waals surface area contributed by atoms with Gasteiger partial charge in [-0.15, -0.1) is 0 Å². The fraction of sp³-hybridized carbons (Fsp3) is 0.278. The summed E-state index contributed by atoms with van der Waals surface area (Å²) in [5, 5.41) is 3.94. The summed E-state index contributed by atoms with van der Waals surface area (Å²) < 4.78 is 34.7. The van der Waals surface area contributed by atoms with Gasteiger partial charge in [0, 0.05) is 5.56 Å². The van der Waals surface area contributed by atoms with Crippen LogP contribution in [0.5, 0.6) is 5.75 Å². The molecule has 126 valence electrons. The summed E-state index contributed by atoms with van der Waals surface area (Å²) in [5.41, 5.74) is 3.62. The number of nitrogens with zero attached hydrogens (tertiary/aromatic N) is 1. The molecule has 3 rings (SSSR count). The van der Waals surface area contributed by atoms with Gasteiger partial charge in [-0.1, -0.05) is 28.9 Å². The molecule has 2 aromatic rings. The highest BCUT2D eigenvalue weighted by molar-refractivity contribution is 7.86. The van der Waals surface area contributed by atoms with Gasteiger partial charge in [0.25, 0.3) is 0 Å². The van der Waals surface area contributed by atoms with Gasteiger partial charge in [-0.3, -0.25) is 4.28 Å². The Balaban J connectivity index is 1.89. The predicted molar refractivity (Wildman–Crippen MR) is 91.9 cm³/mol. The Bertz CT molecular complexity index is 870. The Morgan fingerprint density at radius 1 is 1.04 bits per heavy atom. The van der Waals surface area contributed by atoms with Crippen LogP contribution in [0.25, 0.3) is 0 Å². The number of ether oxygens (including phenoxy) is 1. The number of hydrogen-bond acceptors (Lipinski definition) is 5. The van der Waals surface area contributed by atoms with E-state index in [1.165, 1.54) is 12.1 Å². The molecule has 2 aromatic carbocycles. The summed E-state index contributed by atoms with van der Waals surface area (Å²) in [5.74, 6) is 0.713. The van der Waals surface area contributed by atoms with Crippen molar-refractivity contribution >= 4 is 15.8 Å². The molecule has 1 aliphatic rings. The van der Waals surface area contributed by atoms with Crippen LogP contribution in [0.1, 0.15) is 29.5 Å². The van der Waals surface area contributed by atoms with Crippen LogP contribution in [0, 0.1) is 6.92 Å². The third kappa shape index (κ3) is 3.43. The van der Waals surface area contributed by atoms with Gasteiger partial charge >= 0.3 is 10.1 Å². The first-order chi connectivity index (χ1) is 11.5. The molecule has 0 amide bonds. The Morgan fingerprint density at radius 2 is 1.79 bits per heavy atom. The van der Waals surface area contributed by atoms with Crippen molar-refractivity contribution in [3.63, 3.8) is 0 Å². The normalized spacial score (nSPS) is 15.8. The van der Waals surface area contributed by atoms with Crippen molar-refractivity contribution in [1.29, 1.82) is 0 Å². The standard InChI is InChI=1S/C18H19NO4S/c1-13-6-10-16(11-7-13)24(20,21)23-19-18-5-3-4-14-8-9-15(22-2)12-17(14)18/h6-12H,3-5H2,1-2H3/b19-18+. The second-order valence-electron chi connectivity index (χ2n) is 5.76. The highest BCUT2D eigenvalue weighted by Gasteiger charge is 2.20. The van der Waals surface area contributed by atoms with E-state index in [-0.39, 0.29) is 4.90 Å². The number of oxime groups is 1. The minimum Gasteiger partial charge on any atom is -0.497 e. The fourth-order valence-corrected chi connectivity index (χ4v) is 3.43. The summed E-state index contributed by atoms with van der Waals surface area (Å²) >= 11 is 0. The summed E-state index contributed by atoms with van der Waals surface area (Å²) in [6.45, 7) is 1.89. The van der Waals surface area contributed by atoms with E-state index in [2.05, 4.69) is 5.16 Å². The van der Waals surface area contributed by atoms with Gasteiger partial charge < -0.3 is 4.74 Å². The molecule has 24 heavy (non-hydrogen) atoms. The quantitative estimate of drug-likeness (QED) is 0.796. The topological polar surface area (TPSA) is 65.0 Å². The largest absolute Gasteiger partial charge is 0.497 e. The fourth-order valence-electron chi connectivity index (χ4n) is 2.69. The maximum atomic E-state index is 12.3. The van der Waals surface area contributed by atoms with Gasteiger partial charge in [0.1, 0.15) is 10.6 Å². The van der Waals surface area contributed by atoms with Gasteiger partial charge in [0.05, 0.1) is 12.8 Å². The van der Waals surface area contributed by atoms with E-state index >= 15 is 0 Å². The lowest BCUT2D eigenvalue weighted by atomic mass is 9.90. The Morgan fingerprint density at radius 3 is 2.50 bits per heavy atom.